The van der Waals surface area contributed by atoms with Crippen LogP contribution in [0.4, 0.5) is 10.5 Å². The summed E-state index contributed by atoms with van der Waals surface area (Å²) < 4.78 is 0. The normalized spacial score (nSPS) is 13.4. The molecule has 1 aromatic heterocycles. The highest BCUT2D eigenvalue weighted by Gasteiger charge is 2.08. The first-order chi connectivity index (χ1) is 10.5. The second-order valence-corrected chi connectivity index (χ2v) is 5.39. The predicted molar refractivity (Wildman–Crippen MR) is 83.8 cm³/mol. The van der Waals surface area contributed by atoms with Gasteiger partial charge in [0.15, 0.2) is 0 Å². The van der Waals surface area contributed by atoms with Gasteiger partial charge in [0.05, 0.1) is 24.2 Å². The lowest BCUT2D eigenvalue weighted by atomic mass is 10.1. The van der Waals surface area contributed by atoms with Gasteiger partial charge in [-0.1, -0.05) is 6.92 Å². The van der Waals surface area contributed by atoms with Crippen LogP contribution < -0.4 is 10.6 Å². The zero-order valence-corrected chi connectivity index (χ0v) is 12.7. The van der Waals surface area contributed by atoms with Gasteiger partial charge in [-0.2, -0.15) is 15.0 Å². The zero-order valence-electron chi connectivity index (χ0n) is 12.7. The second kappa shape index (κ2) is 7.56. The fourth-order valence-electron chi connectivity index (χ4n) is 2.14. The summed E-state index contributed by atoms with van der Waals surface area (Å²) in [4.78, 5) is 13.3. The molecule has 1 aromatic carbocycles. The number of carbonyl (C=O) groups is 1. The van der Waals surface area contributed by atoms with Gasteiger partial charge in [0.2, 0.25) is 0 Å². The smallest absolute Gasteiger partial charge is 0.319 e. The van der Waals surface area contributed by atoms with E-state index in [1.165, 1.54) is 4.80 Å². The molecule has 1 heterocycles. The maximum atomic E-state index is 11.8. The zero-order chi connectivity index (χ0) is 15.9. The number of benzene rings is 1. The van der Waals surface area contributed by atoms with Crippen LogP contribution in [0.2, 0.25) is 0 Å². The number of nitrogens with zero attached hydrogens (tertiary/aromatic N) is 3. The highest BCUT2D eigenvalue weighted by atomic mass is 16.3. The molecule has 0 aliphatic rings. The summed E-state index contributed by atoms with van der Waals surface area (Å²) in [5, 5.41) is 22.9. The molecular formula is C15H21N5O2. The van der Waals surface area contributed by atoms with Gasteiger partial charge in [-0.05, 0) is 43.5 Å². The van der Waals surface area contributed by atoms with E-state index < -0.39 is 0 Å². The van der Waals surface area contributed by atoms with Crippen molar-refractivity contribution in [3.8, 4) is 5.69 Å². The lowest BCUT2D eigenvalue weighted by Gasteiger charge is -2.14. The molecule has 7 nitrogen and oxygen atoms in total. The van der Waals surface area contributed by atoms with Gasteiger partial charge in [-0.3, -0.25) is 0 Å². The number of hydrogen-bond donors (Lipinski definition) is 3. The molecule has 0 fully saturated rings. The predicted octanol–water partition coefficient (Wildman–Crippen LogP) is 1.80. The highest BCUT2D eigenvalue weighted by Crippen LogP contribution is 2.11. The maximum Gasteiger partial charge on any atom is 0.319 e. The van der Waals surface area contributed by atoms with Crippen LogP contribution >= 0.6 is 0 Å². The van der Waals surface area contributed by atoms with Crippen molar-refractivity contribution in [3.05, 3.63) is 36.7 Å². The van der Waals surface area contributed by atoms with E-state index in [-0.39, 0.29) is 18.1 Å². The van der Waals surface area contributed by atoms with Gasteiger partial charge >= 0.3 is 6.03 Å². The van der Waals surface area contributed by atoms with Gasteiger partial charge in [0.25, 0.3) is 0 Å². The molecule has 2 atom stereocenters. The summed E-state index contributed by atoms with van der Waals surface area (Å²) in [7, 11) is 0. The molecule has 2 amide bonds. The molecule has 0 bridgehead atoms. The molecule has 0 aliphatic carbocycles. The summed E-state index contributed by atoms with van der Waals surface area (Å²) in [6, 6.07) is 6.97. The van der Waals surface area contributed by atoms with Crippen LogP contribution in [0.25, 0.3) is 5.69 Å². The average Bonchev–Trinajstić information content (AvgIpc) is 2.99. The first kappa shape index (κ1) is 16.0. The number of hydrogen-bond acceptors (Lipinski definition) is 4. The fraction of sp³-hybridized carbons (Fsp3) is 0.400. The summed E-state index contributed by atoms with van der Waals surface area (Å²) in [5.74, 6) is 0.221. The largest absolute Gasteiger partial charge is 0.393 e. The maximum absolute atomic E-state index is 11.8. The van der Waals surface area contributed by atoms with Gasteiger partial charge in [-0.15, -0.1) is 0 Å². The van der Waals surface area contributed by atoms with E-state index in [0.29, 0.717) is 18.7 Å². The van der Waals surface area contributed by atoms with Crippen molar-refractivity contribution in [1.29, 1.82) is 0 Å². The van der Waals surface area contributed by atoms with Gasteiger partial charge in [-0.25, -0.2) is 4.79 Å². The van der Waals surface area contributed by atoms with Crippen molar-refractivity contribution in [3.63, 3.8) is 0 Å². The van der Waals surface area contributed by atoms with Crippen LogP contribution in [0.15, 0.2) is 36.7 Å². The molecule has 0 aliphatic heterocycles. The number of carbonyl (C=O) groups excluding carboxylic acids is 1. The fourth-order valence-corrected chi connectivity index (χ4v) is 2.14. The SMILES string of the molecule is CC(O)CC(C)CNC(=O)Nc1ccc(-n2nccn2)cc1. The number of anilines is 1. The number of aliphatic hydroxyl groups is 1. The lowest BCUT2D eigenvalue weighted by Crippen LogP contribution is -2.33. The number of urea groups is 1. The quantitative estimate of drug-likeness (QED) is 0.758. The number of aliphatic hydroxyl groups excluding tert-OH is 1. The van der Waals surface area contributed by atoms with Crippen LogP contribution in [-0.4, -0.2) is 38.8 Å². The molecule has 0 saturated heterocycles. The van der Waals surface area contributed by atoms with Crippen LogP contribution in [0.5, 0.6) is 0 Å². The van der Waals surface area contributed by atoms with Gasteiger partial charge in [0.1, 0.15) is 0 Å². The molecule has 0 saturated carbocycles. The summed E-state index contributed by atoms with van der Waals surface area (Å²) in [5.41, 5.74) is 1.51. The molecular weight excluding hydrogens is 282 g/mol. The number of amides is 2. The van der Waals surface area contributed by atoms with Crippen molar-refractivity contribution in [2.75, 3.05) is 11.9 Å². The Morgan fingerprint density at radius 2 is 1.86 bits per heavy atom. The minimum atomic E-state index is -0.358. The Morgan fingerprint density at radius 3 is 2.45 bits per heavy atom. The minimum Gasteiger partial charge on any atom is -0.393 e. The van der Waals surface area contributed by atoms with Crippen molar-refractivity contribution in [1.82, 2.24) is 20.3 Å². The van der Waals surface area contributed by atoms with E-state index in [2.05, 4.69) is 20.8 Å². The number of rotatable bonds is 6. The monoisotopic (exact) mass is 303 g/mol. The molecule has 2 unspecified atom stereocenters. The Labute approximate surface area is 129 Å². The van der Waals surface area contributed by atoms with E-state index in [1.807, 2.05) is 19.1 Å². The highest BCUT2D eigenvalue weighted by molar-refractivity contribution is 5.89. The topological polar surface area (TPSA) is 92.1 Å². The van der Waals surface area contributed by atoms with Gasteiger partial charge in [0, 0.05) is 12.2 Å². The van der Waals surface area contributed by atoms with Crippen molar-refractivity contribution in [2.24, 2.45) is 5.92 Å². The van der Waals surface area contributed by atoms with Crippen LogP contribution in [0, 0.1) is 5.92 Å². The summed E-state index contributed by atoms with van der Waals surface area (Å²) >= 11 is 0. The van der Waals surface area contributed by atoms with Crippen molar-refractivity contribution < 1.29 is 9.90 Å². The Hall–Kier alpha value is -2.41. The Balaban J connectivity index is 1.82. The summed E-state index contributed by atoms with van der Waals surface area (Å²) in [6.07, 6.45) is 3.51. The van der Waals surface area contributed by atoms with E-state index in [4.69, 9.17) is 0 Å². The molecule has 0 radical (unpaired) electrons. The molecule has 7 heteroatoms. The molecule has 118 valence electrons. The Kier molecular flexibility index (Phi) is 5.48. The molecule has 22 heavy (non-hydrogen) atoms. The van der Waals surface area contributed by atoms with Crippen LogP contribution in [0.3, 0.4) is 0 Å². The third-order valence-electron chi connectivity index (χ3n) is 3.13. The number of aromatic nitrogens is 3. The standard InChI is InChI=1S/C15H21N5O2/c1-11(9-12(2)21)10-16-15(22)19-13-3-5-14(6-4-13)20-17-7-8-18-20/h3-8,11-12,21H,9-10H2,1-2H3,(H2,16,19,22). The van der Waals surface area contributed by atoms with E-state index in [1.54, 1.807) is 31.5 Å². The van der Waals surface area contributed by atoms with Gasteiger partial charge < -0.3 is 15.7 Å². The average molecular weight is 303 g/mol. The van der Waals surface area contributed by atoms with E-state index >= 15 is 0 Å². The van der Waals surface area contributed by atoms with Crippen molar-refractivity contribution in [2.45, 2.75) is 26.4 Å². The third kappa shape index (κ3) is 4.85. The Bertz CT molecular complexity index is 580. The molecule has 2 aromatic rings. The lowest BCUT2D eigenvalue weighted by molar-refractivity contribution is 0.163. The van der Waals surface area contributed by atoms with E-state index in [0.717, 1.165) is 5.69 Å². The number of nitrogens with one attached hydrogen (secondary N) is 2. The van der Waals surface area contributed by atoms with Crippen LogP contribution in [0.1, 0.15) is 20.3 Å². The molecule has 2 rings (SSSR count). The second-order valence-electron chi connectivity index (χ2n) is 5.39. The first-order valence-electron chi connectivity index (χ1n) is 7.24. The minimum absolute atomic E-state index is 0.221. The van der Waals surface area contributed by atoms with E-state index in [9.17, 15) is 9.90 Å². The third-order valence-corrected chi connectivity index (χ3v) is 3.13. The summed E-state index contributed by atoms with van der Waals surface area (Å²) in [6.45, 7) is 4.25. The van der Waals surface area contributed by atoms with Crippen molar-refractivity contribution >= 4 is 11.7 Å². The Morgan fingerprint density at radius 1 is 1.23 bits per heavy atom. The molecule has 0 spiro atoms. The molecule has 3 N–H and O–H groups in total. The van der Waals surface area contributed by atoms with Crippen LogP contribution in [-0.2, 0) is 0 Å². The first-order valence-corrected chi connectivity index (χ1v) is 7.24.